The van der Waals surface area contributed by atoms with E-state index in [4.69, 9.17) is 9.47 Å². The molecule has 3 heterocycles. The lowest BCUT2D eigenvalue weighted by molar-refractivity contribution is -0.143. The van der Waals surface area contributed by atoms with E-state index in [9.17, 15) is 4.79 Å². The molecule has 0 saturated carbocycles. The van der Waals surface area contributed by atoms with Crippen LogP contribution >= 0.6 is 0 Å². The first-order valence-corrected chi connectivity index (χ1v) is 7.97. The molecular weight excluding hydrogens is 294 g/mol. The third-order valence-electron chi connectivity index (χ3n) is 4.39. The molecule has 23 heavy (non-hydrogen) atoms. The fourth-order valence-corrected chi connectivity index (χ4v) is 3.21. The summed E-state index contributed by atoms with van der Waals surface area (Å²) in [5, 5.41) is 4.30. The summed E-state index contributed by atoms with van der Waals surface area (Å²) in [6.45, 7) is 1.69. The van der Waals surface area contributed by atoms with Gasteiger partial charge in [-0.05, 0) is 31.0 Å². The monoisotopic (exact) mass is 313 g/mol. The molecule has 6 nitrogen and oxygen atoms in total. The van der Waals surface area contributed by atoms with Crippen molar-refractivity contribution in [2.45, 2.75) is 25.0 Å². The van der Waals surface area contributed by atoms with Crippen molar-refractivity contribution >= 4 is 5.91 Å². The van der Waals surface area contributed by atoms with E-state index >= 15 is 0 Å². The smallest absolute Gasteiger partial charge is 0.267 e. The first-order valence-electron chi connectivity index (χ1n) is 7.97. The number of nitrogens with zero attached hydrogens (tertiary/aromatic N) is 3. The highest BCUT2D eigenvalue weighted by Crippen LogP contribution is 2.32. The molecule has 2 aromatic rings. The van der Waals surface area contributed by atoms with Crippen molar-refractivity contribution in [1.82, 2.24) is 14.7 Å². The molecule has 2 aliphatic heterocycles. The average Bonchev–Trinajstić information content (AvgIpc) is 3.15. The fourth-order valence-electron chi connectivity index (χ4n) is 3.21. The van der Waals surface area contributed by atoms with Crippen molar-refractivity contribution in [1.29, 1.82) is 0 Å². The van der Waals surface area contributed by atoms with Crippen molar-refractivity contribution in [2.75, 3.05) is 19.7 Å². The second kappa shape index (κ2) is 5.95. The first kappa shape index (κ1) is 14.1. The molecule has 0 radical (unpaired) electrons. The average molecular weight is 313 g/mol. The zero-order chi connectivity index (χ0) is 15.6. The number of rotatable bonds is 2. The van der Waals surface area contributed by atoms with Crippen LogP contribution in [-0.2, 0) is 4.79 Å². The Morgan fingerprint density at radius 2 is 2.09 bits per heavy atom. The summed E-state index contributed by atoms with van der Waals surface area (Å²) in [5.41, 5.74) is 0. The van der Waals surface area contributed by atoms with E-state index in [2.05, 4.69) is 5.10 Å². The molecule has 1 aromatic heterocycles. The highest BCUT2D eigenvalue weighted by molar-refractivity contribution is 5.82. The van der Waals surface area contributed by atoms with Crippen LogP contribution in [0.15, 0.2) is 42.7 Å². The van der Waals surface area contributed by atoms with Gasteiger partial charge in [-0.1, -0.05) is 12.1 Å². The highest BCUT2D eigenvalue weighted by Gasteiger charge is 2.33. The lowest BCUT2D eigenvalue weighted by atomic mass is 10.1. The van der Waals surface area contributed by atoms with Crippen LogP contribution in [0.25, 0.3) is 0 Å². The maximum atomic E-state index is 12.8. The predicted octanol–water partition coefficient (Wildman–Crippen LogP) is 1.89. The van der Waals surface area contributed by atoms with Gasteiger partial charge in [0.2, 0.25) is 6.10 Å². The molecule has 1 amide bonds. The minimum Gasteiger partial charge on any atom is -0.485 e. The molecule has 0 bridgehead atoms. The number of benzene rings is 1. The Kier molecular flexibility index (Phi) is 3.65. The Morgan fingerprint density at radius 3 is 2.91 bits per heavy atom. The van der Waals surface area contributed by atoms with Crippen LogP contribution in [0.4, 0.5) is 0 Å². The number of piperidine rings is 1. The molecule has 0 aliphatic carbocycles. The first-order chi connectivity index (χ1) is 11.3. The summed E-state index contributed by atoms with van der Waals surface area (Å²) in [7, 11) is 0. The van der Waals surface area contributed by atoms with E-state index in [1.807, 2.05) is 46.1 Å². The van der Waals surface area contributed by atoms with E-state index < -0.39 is 6.10 Å². The van der Waals surface area contributed by atoms with Gasteiger partial charge >= 0.3 is 0 Å². The normalized spacial score (nSPS) is 23.6. The van der Waals surface area contributed by atoms with E-state index in [1.165, 1.54) is 0 Å². The minimum absolute atomic E-state index is 0.00337. The van der Waals surface area contributed by atoms with Gasteiger partial charge in [0, 0.05) is 25.5 Å². The van der Waals surface area contributed by atoms with Crippen molar-refractivity contribution in [3.05, 3.63) is 42.7 Å². The summed E-state index contributed by atoms with van der Waals surface area (Å²) in [6, 6.07) is 9.60. The quantitative estimate of drug-likeness (QED) is 0.849. The minimum atomic E-state index is -0.568. The number of hydrogen-bond acceptors (Lipinski definition) is 4. The number of aromatic nitrogens is 2. The largest absolute Gasteiger partial charge is 0.485 e. The van der Waals surface area contributed by atoms with Crippen molar-refractivity contribution in [2.24, 2.45) is 0 Å². The molecule has 2 atom stereocenters. The molecule has 0 unspecified atom stereocenters. The number of ether oxygens (including phenoxy) is 2. The van der Waals surface area contributed by atoms with Gasteiger partial charge in [-0.25, -0.2) is 0 Å². The molecule has 1 saturated heterocycles. The van der Waals surface area contributed by atoms with Gasteiger partial charge in [0.05, 0.1) is 6.04 Å². The molecule has 0 spiro atoms. The molecule has 1 fully saturated rings. The number of fused-ring (bicyclic) bond motifs is 1. The van der Waals surface area contributed by atoms with Crippen LogP contribution < -0.4 is 9.47 Å². The SMILES string of the molecule is O=C([C@@H]1COc2ccccc2O1)N1CCC[C@@H](n2cccn2)C1. The van der Waals surface area contributed by atoms with E-state index in [1.54, 1.807) is 6.20 Å². The molecule has 2 aliphatic rings. The van der Waals surface area contributed by atoms with Gasteiger partial charge < -0.3 is 14.4 Å². The summed E-state index contributed by atoms with van der Waals surface area (Å²) in [4.78, 5) is 14.6. The van der Waals surface area contributed by atoms with Crippen LogP contribution in [0.3, 0.4) is 0 Å². The molecule has 6 heteroatoms. The summed E-state index contributed by atoms with van der Waals surface area (Å²) < 4.78 is 13.4. The zero-order valence-electron chi connectivity index (χ0n) is 12.8. The lowest BCUT2D eigenvalue weighted by Gasteiger charge is -2.36. The van der Waals surface area contributed by atoms with Crippen molar-refractivity contribution in [3.63, 3.8) is 0 Å². The number of carbonyl (C=O) groups is 1. The molecular formula is C17H19N3O3. The van der Waals surface area contributed by atoms with Gasteiger partial charge in [0.15, 0.2) is 11.5 Å². The van der Waals surface area contributed by atoms with Crippen LogP contribution in [0.5, 0.6) is 11.5 Å². The van der Waals surface area contributed by atoms with Gasteiger partial charge in [0.1, 0.15) is 6.61 Å². The summed E-state index contributed by atoms with van der Waals surface area (Å²) in [6.07, 6.45) is 5.17. The molecule has 1 aromatic carbocycles. The Morgan fingerprint density at radius 1 is 1.22 bits per heavy atom. The highest BCUT2D eigenvalue weighted by atomic mass is 16.6. The molecule has 4 rings (SSSR count). The van der Waals surface area contributed by atoms with Crippen molar-refractivity contribution < 1.29 is 14.3 Å². The number of amides is 1. The third-order valence-corrected chi connectivity index (χ3v) is 4.39. The van der Waals surface area contributed by atoms with Crippen LogP contribution in [0, 0.1) is 0 Å². The second-order valence-corrected chi connectivity index (χ2v) is 5.93. The second-order valence-electron chi connectivity index (χ2n) is 5.93. The number of carbonyl (C=O) groups excluding carboxylic acids is 1. The zero-order valence-corrected chi connectivity index (χ0v) is 12.8. The number of hydrogen-bond donors (Lipinski definition) is 0. The van der Waals surface area contributed by atoms with Gasteiger partial charge in [-0.3, -0.25) is 9.48 Å². The Balaban J connectivity index is 1.45. The summed E-state index contributed by atoms with van der Waals surface area (Å²) in [5.74, 6) is 1.33. The van der Waals surface area contributed by atoms with Crippen LogP contribution in [-0.4, -0.2) is 46.4 Å². The Labute approximate surface area is 134 Å². The van der Waals surface area contributed by atoms with Crippen molar-refractivity contribution in [3.8, 4) is 11.5 Å². The Bertz CT molecular complexity index is 686. The van der Waals surface area contributed by atoms with E-state index in [0.29, 0.717) is 18.0 Å². The summed E-state index contributed by atoms with van der Waals surface area (Å²) >= 11 is 0. The van der Waals surface area contributed by atoms with E-state index in [-0.39, 0.29) is 18.6 Å². The molecule has 0 N–H and O–H groups in total. The van der Waals surface area contributed by atoms with Crippen LogP contribution in [0.1, 0.15) is 18.9 Å². The topological polar surface area (TPSA) is 56.6 Å². The van der Waals surface area contributed by atoms with E-state index in [0.717, 1.165) is 19.4 Å². The molecule has 120 valence electrons. The Hall–Kier alpha value is -2.50. The number of likely N-dealkylation sites (tertiary alicyclic amines) is 1. The third kappa shape index (κ3) is 2.76. The van der Waals surface area contributed by atoms with Gasteiger partial charge in [0.25, 0.3) is 5.91 Å². The number of para-hydroxylation sites is 2. The standard InChI is InChI=1S/C17H19N3O3/c21-17(16-12-22-14-6-1-2-7-15(14)23-16)19-9-3-5-13(11-19)20-10-4-8-18-20/h1-2,4,6-8,10,13,16H,3,5,9,11-12H2/t13-,16+/m1/s1. The van der Waals surface area contributed by atoms with Crippen LogP contribution in [0.2, 0.25) is 0 Å². The maximum absolute atomic E-state index is 12.8. The van der Waals surface area contributed by atoms with Gasteiger partial charge in [-0.2, -0.15) is 5.10 Å². The maximum Gasteiger partial charge on any atom is 0.267 e. The fraction of sp³-hybridized carbons (Fsp3) is 0.412. The van der Waals surface area contributed by atoms with Gasteiger partial charge in [-0.15, -0.1) is 0 Å². The lowest BCUT2D eigenvalue weighted by Crippen LogP contribution is -2.50. The predicted molar refractivity (Wildman–Crippen MR) is 83.4 cm³/mol.